The normalized spacial score (nSPS) is 10.2. The van der Waals surface area contributed by atoms with Crippen LogP contribution < -0.4 is 4.74 Å². The molecule has 0 fully saturated rings. The second-order valence-corrected chi connectivity index (χ2v) is 4.41. The third-order valence-corrected chi connectivity index (χ3v) is 3.32. The standard InChI is InChI=1S/C13H12BrNO/c1-9-5-3-4-6-11(9)16-13-12(14)10(2)7-8-15-13/h3-8H,1-2H3. The van der Waals surface area contributed by atoms with Crippen molar-refractivity contribution < 1.29 is 4.74 Å². The molecular weight excluding hydrogens is 266 g/mol. The van der Waals surface area contributed by atoms with Crippen LogP contribution in [0.15, 0.2) is 41.0 Å². The van der Waals surface area contributed by atoms with Gasteiger partial charge in [-0.15, -0.1) is 0 Å². The number of nitrogens with zero attached hydrogens (tertiary/aromatic N) is 1. The summed E-state index contributed by atoms with van der Waals surface area (Å²) in [5.41, 5.74) is 2.20. The Labute approximate surface area is 103 Å². The van der Waals surface area contributed by atoms with E-state index in [2.05, 4.69) is 20.9 Å². The molecule has 1 aromatic carbocycles. The predicted octanol–water partition coefficient (Wildman–Crippen LogP) is 4.25. The fourth-order valence-electron chi connectivity index (χ4n) is 1.36. The van der Waals surface area contributed by atoms with E-state index < -0.39 is 0 Å². The van der Waals surface area contributed by atoms with Gasteiger partial charge >= 0.3 is 0 Å². The van der Waals surface area contributed by atoms with Crippen molar-refractivity contribution in [3.05, 3.63) is 52.1 Å². The molecule has 2 nitrogen and oxygen atoms in total. The van der Waals surface area contributed by atoms with Gasteiger partial charge < -0.3 is 4.74 Å². The van der Waals surface area contributed by atoms with Crippen LogP contribution in [0.5, 0.6) is 11.6 Å². The Morgan fingerprint density at radius 2 is 1.81 bits per heavy atom. The number of hydrogen-bond acceptors (Lipinski definition) is 2. The maximum atomic E-state index is 5.76. The number of benzene rings is 1. The van der Waals surface area contributed by atoms with Crippen LogP contribution in [0.1, 0.15) is 11.1 Å². The van der Waals surface area contributed by atoms with E-state index in [1.54, 1.807) is 6.20 Å². The average Bonchev–Trinajstić information content (AvgIpc) is 2.28. The van der Waals surface area contributed by atoms with Crippen molar-refractivity contribution in [3.63, 3.8) is 0 Å². The van der Waals surface area contributed by atoms with Crippen molar-refractivity contribution in [1.29, 1.82) is 0 Å². The van der Waals surface area contributed by atoms with Gasteiger partial charge in [0.15, 0.2) is 0 Å². The van der Waals surface area contributed by atoms with Gasteiger partial charge in [0.05, 0.1) is 4.47 Å². The molecule has 16 heavy (non-hydrogen) atoms. The molecule has 0 saturated carbocycles. The summed E-state index contributed by atoms with van der Waals surface area (Å²) in [6, 6.07) is 9.83. The summed E-state index contributed by atoms with van der Waals surface area (Å²) in [5.74, 6) is 1.44. The maximum Gasteiger partial charge on any atom is 0.233 e. The molecule has 0 bridgehead atoms. The summed E-state index contributed by atoms with van der Waals surface area (Å²) in [7, 11) is 0. The van der Waals surface area contributed by atoms with Gasteiger partial charge in [-0.3, -0.25) is 0 Å². The molecule has 3 heteroatoms. The summed E-state index contributed by atoms with van der Waals surface area (Å²) >= 11 is 3.47. The number of halogens is 1. The van der Waals surface area contributed by atoms with E-state index in [9.17, 15) is 0 Å². The first-order chi connectivity index (χ1) is 7.68. The van der Waals surface area contributed by atoms with Crippen molar-refractivity contribution in [1.82, 2.24) is 4.98 Å². The van der Waals surface area contributed by atoms with Gasteiger partial charge in [0, 0.05) is 6.20 Å². The molecule has 0 unspecified atom stereocenters. The lowest BCUT2D eigenvalue weighted by Gasteiger charge is -2.09. The Bertz CT molecular complexity index is 511. The summed E-state index contributed by atoms with van der Waals surface area (Å²) in [5, 5.41) is 0. The minimum absolute atomic E-state index is 0.606. The molecule has 0 atom stereocenters. The zero-order valence-electron chi connectivity index (χ0n) is 9.20. The van der Waals surface area contributed by atoms with E-state index in [1.165, 1.54) is 0 Å². The van der Waals surface area contributed by atoms with Crippen LogP contribution in [0.3, 0.4) is 0 Å². The van der Waals surface area contributed by atoms with E-state index >= 15 is 0 Å². The zero-order chi connectivity index (χ0) is 11.5. The predicted molar refractivity (Wildman–Crippen MR) is 67.9 cm³/mol. The van der Waals surface area contributed by atoms with Gasteiger partial charge in [0.2, 0.25) is 5.88 Å². The van der Waals surface area contributed by atoms with Crippen LogP contribution in [0, 0.1) is 13.8 Å². The Morgan fingerprint density at radius 1 is 1.06 bits per heavy atom. The second kappa shape index (κ2) is 4.66. The quantitative estimate of drug-likeness (QED) is 0.819. The lowest BCUT2D eigenvalue weighted by molar-refractivity contribution is 0.455. The van der Waals surface area contributed by atoms with E-state index in [1.807, 2.05) is 44.2 Å². The first-order valence-corrected chi connectivity index (χ1v) is 5.82. The maximum absolute atomic E-state index is 5.76. The zero-order valence-corrected chi connectivity index (χ0v) is 10.8. The topological polar surface area (TPSA) is 22.1 Å². The van der Waals surface area contributed by atoms with Crippen LogP contribution in [0.4, 0.5) is 0 Å². The van der Waals surface area contributed by atoms with Gasteiger partial charge in [-0.25, -0.2) is 4.98 Å². The Balaban J connectivity index is 2.35. The molecule has 0 radical (unpaired) electrons. The van der Waals surface area contributed by atoms with Crippen LogP contribution >= 0.6 is 15.9 Å². The third-order valence-electron chi connectivity index (χ3n) is 2.35. The molecule has 1 aromatic heterocycles. The molecule has 1 heterocycles. The molecular formula is C13H12BrNO. The lowest BCUT2D eigenvalue weighted by Crippen LogP contribution is -1.92. The molecule has 0 aliphatic rings. The van der Waals surface area contributed by atoms with Crippen molar-refractivity contribution in [2.45, 2.75) is 13.8 Å². The van der Waals surface area contributed by atoms with Crippen LogP contribution in [0.25, 0.3) is 0 Å². The summed E-state index contributed by atoms with van der Waals surface area (Å²) in [6.07, 6.45) is 1.74. The molecule has 2 aromatic rings. The molecule has 0 N–H and O–H groups in total. The van der Waals surface area contributed by atoms with E-state index in [4.69, 9.17) is 4.74 Å². The molecule has 82 valence electrons. The van der Waals surface area contributed by atoms with Gasteiger partial charge in [-0.2, -0.15) is 0 Å². The molecule has 0 aliphatic heterocycles. The summed E-state index contributed by atoms with van der Waals surface area (Å²) in [6.45, 7) is 4.02. The average molecular weight is 278 g/mol. The molecule has 0 amide bonds. The summed E-state index contributed by atoms with van der Waals surface area (Å²) in [4.78, 5) is 4.21. The first-order valence-electron chi connectivity index (χ1n) is 5.03. The Morgan fingerprint density at radius 3 is 2.56 bits per heavy atom. The summed E-state index contributed by atoms with van der Waals surface area (Å²) < 4.78 is 6.66. The number of ether oxygens (including phenoxy) is 1. The fourth-order valence-corrected chi connectivity index (χ4v) is 1.68. The highest BCUT2D eigenvalue weighted by Gasteiger charge is 2.07. The van der Waals surface area contributed by atoms with Gasteiger partial charge in [0.25, 0.3) is 0 Å². The minimum Gasteiger partial charge on any atom is -0.438 e. The van der Waals surface area contributed by atoms with Gasteiger partial charge in [-0.05, 0) is 53.0 Å². The van der Waals surface area contributed by atoms with Crippen molar-refractivity contribution >= 4 is 15.9 Å². The largest absolute Gasteiger partial charge is 0.438 e. The minimum atomic E-state index is 0.606. The molecule has 0 aliphatic carbocycles. The van der Waals surface area contributed by atoms with E-state index in [0.717, 1.165) is 21.3 Å². The highest BCUT2D eigenvalue weighted by atomic mass is 79.9. The van der Waals surface area contributed by atoms with E-state index in [-0.39, 0.29) is 0 Å². The third kappa shape index (κ3) is 2.25. The molecule has 0 spiro atoms. The Kier molecular flexibility index (Phi) is 3.25. The SMILES string of the molecule is Cc1ccccc1Oc1nccc(C)c1Br. The Hall–Kier alpha value is -1.35. The van der Waals surface area contributed by atoms with Gasteiger partial charge in [0.1, 0.15) is 5.75 Å². The van der Waals surface area contributed by atoms with Crippen molar-refractivity contribution in [3.8, 4) is 11.6 Å². The monoisotopic (exact) mass is 277 g/mol. The van der Waals surface area contributed by atoms with Crippen molar-refractivity contribution in [2.24, 2.45) is 0 Å². The van der Waals surface area contributed by atoms with Crippen LogP contribution in [-0.2, 0) is 0 Å². The first kappa shape index (κ1) is 11.1. The smallest absolute Gasteiger partial charge is 0.233 e. The highest BCUT2D eigenvalue weighted by molar-refractivity contribution is 9.10. The van der Waals surface area contributed by atoms with Crippen LogP contribution in [-0.4, -0.2) is 4.98 Å². The van der Waals surface area contributed by atoms with Crippen molar-refractivity contribution in [2.75, 3.05) is 0 Å². The fraction of sp³-hybridized carbons (Fsp3) is 0.154. The van der Waals surface area contributed by atoms with Crippen LogP contribution in [0.2, 0.25) is 0 Å². The molecule has 0 saturated heterocycles. The number of aryl methyl sites for hydroxylation is 2. The highest BCUT2D eigenvalue weighted by Crippen LogP contribution is 2.30. The van der Waals surface area contributed by atoms with Gasteiger partial charge in [-0.1, -0.05) is 18.2 Å². The molecule has 2 rings (SSSR count). The number of para-hydroxylation sites is 1. The second-order valence-electron chi connectivity index (χ2n) is 3.61. The number of hydrogen-bond donors (Lipinski definition) is 0. The van der Waals surface area contributed by atoms with E-state index in [0.29, 0.717) is 5.88 Å². The number of pyridine rings is 1. The number of rotatable bonds is 2. The lowest BCUT2D eigenvalue weighted by atomic mass is 10.2. The number of aromatic nitrogens is 1.